The summed E-state index contributed by atoms with van der Waals surface area (Å²) in [5.41, 5.74) is 1.40. The summed E-state index contributed by atoms with van der Waals surface area (Å²) in [4.78, 5) is 12.0. The SMILES string of the molecule is Cc1ccc(S(=O)(=O)n2nc(-c3ccccc3)ccc2=O)cc1. The fraction of sp³-hybridized carbons (Fsp3) is 0.0588. The van der Waals surface area contributed by atoms with Crippen molar-refractivity contribution >= 4 is 10.0 Å². The van der Waals surface area contributed by atoms with Crippen LogP contribution in [0, 0.1) is 6.92 Å². The lowest BCUT2D eigenvalue weighted by molar-refractivity contribution is 0.576. The molecule has 0 aliphatic heterocycles. The predicted octanol–water partition coefficient (Wildman–Crippen LogP) is 2.46. The zero-order valence-electron chi connectivity index (χ0n) is 12.4. The molecule has 0 fully saturated rings. The van der Waals surface area contributed by atoms with Gasteiger partial charge < -0.3 is 0 Å². The predicted molar refractivity (Wildman–Crippen MR) is 87.7 cm³/mol. The first-order chi connectivity index (χ1) is 11.0. The molecule has 0 bridgehead atoms. The van der Waals surface area contributed by atoms with Crippen LogP contribution in [0.2, 0.25) is 0 Å². The molecule has 0 radical (unpaired) electrons. The molecular weight excluding hydrogens is 312 g/mol. The second-order valence-electron chi connectivity index (χ2n) is 5.08. The van der Waals surface area contributed by atoms with E-state index in [1.165, 1.54) is 24.3 Å². The lowest BCUT2D eigenvalue weighted by Crippen LogP contribution is -2.29. The highest BCUT2D eigenvalue weighted by Crippen LogP contribution is 2.17. The third-order valence-corrected chi connectivity index (χ3v) is 4.97. The smallest absolute Gasteiger partial charge is 0.267 e. The Balaban J connectivity index is 2.16. The Bertz CT molecular complexity index is 992. The van der Waals surface area contributed by atoms with E-state index < -0.39 is 15.6 Å². The number of nitrogens with zero attached hydrogens (tertiary/aromatic N) is 2. The van der Waals surface area contributed by atoms with Crippen LogP contribution in [0.5, 0.6) is 0 Å². The minimum Gasteiger partial charge on any atom is -0.267 e. The van der Waals surface area contributed by atoms with Gasteiger partial charge in [-0.3, -0.25) is 4.79 Å². The minimum absolute atomic E-state index is 0.0305. The fourth-order valence-corrected chi connectivity index (χ4v) is 3.31. The van der Waals surface area contributed by atoms with Gasteiger partial charge in [-0.1, -0.05) is 48.0 Å². The first-order valence-electron chi connectivity index (χ1n) is 6.96. The van der Waals surface area contributed by atoms with Gasteiger partial charge in [0, 0.05) is 11.6 Å². The molecular formula is C17H14N2O3S. The van der Waals surface area contributed by atoms with Crippen molar-refractivity contribution in [1.29, 1.82) is 0 Å². The van der Waals surface area contributed by atoms with Gasteiger partial charge in [-0.15, -0.1) is 4.09 Å². The van der Waals surface area contributed by atoms with E-state index in [1.54, 1.807) is 24.3 Å². The number of rotatable bonds is 3. The Morgan fingerprint density at radius 3 is 2.17 bits per heavy atom. The van der Waals surface area contributed by atoms with Crippen molar-refractivity contribution in [3.63, 3.8) is 0 Å². The number of hydrogen-bond donors (Lipinski definition) is 0. The Labute approximate surface area is 133 Å². The van der Waals surface area contributed by atoms with E-state index in [2.05, 4.69) is 5.10 Å². The van der Waals surface area contributed by atoms with Gasteiger partial charge >= 0.3 is 0 Å². The molecule has 0 saturated heterocycles. The summed E-state index contributed by atoms with van der Waals surface area (Å²) < 4.78 is 25.8. The molecule has 1 aromatic heterocycles. The first kappa shape index (κ1) is 15.2. The van der Waals surface area contributed by atoms with Crippen molar-refractivity contribution < 1.29 is 8.42 Å². The summed E-state index contributed by atoms with van der Waals surface area (Å²) in [5, 5.41) is 4.03. The molecule has 0 aliphatic carbocycles. The van der Waals surface area contributed by atoms with E-state index >= 15 is 0 Å². The van der Waals surface area contributed by atoms with Crippen LogP contribution in [-0.2, 0) is 10.0 Å². The molecule has 0 saturated carbocycles. The maximum absolute atomic E-state index is 12.6. The average molecular weight is 326 g/mol. The van der Waals surface area contributed by atoms with E-state index in [0.29, 0.717) is 9.78 Å². The topological polar surface area (TPSA) is 69.0 Å². The Hall–Kier alpha value is -2.73. The van der Waals surface area contributed by atoms with Gasteiger partial charge in [0.15, 0.2) is 0 Å². The molecule has 116 valence electrons. The molecule has 23 heavy (non-hydrogen) atoms. The van der Waals surface area contributed by atoms with Crippen LogP contribution in [0.4, 0.5) is 0 Å². The highest BCUT2D eigenvalue weighted by atomic mass is 32.2. The average Bonchev–Trinajstić information content (AvgIpc) is 2.56. The van der Waals surface area contributed by atoms with Crippen molar-refractivity contribution in [3.05, 3.63) is 82.6 Å². The molecule has 0 atom stereocenters. The van der Waals surface area contributed by atoms with E-state index in [-0.39, 0.29) is 4.90 Å². The standard InChI is InChI=1S/C17H14N2O3S/c1-13-7-9-15(10-8-13)23(21,22)19-17(20)12-11-16(18-19)14-5-3-2-4-6-14/h2-12H,1H3. The molecule has 0 amide bonds. The van der Waals surface area contributed by atoms with Gasteiger partial charge in [-0.05, 0) is 25.1 Å². The van der Waals surface area contributed by atoms with Gasteiger partial charge in [0.25, 0.3) is 15.6 Å². The quantitative estimate of drug-likeness (QED) is 0.741. The molecule has 0 unspecified atom stereocenters. The van der Waals surface area contributed by atoms with Gasteiger partial charge in [0.2, 0.25) is 0 Å². The molecule has 3 aromatic rings. The van der Waals surface area contributed by atoms with Crippen molar-refractivity contribution in [2.24, 2.45) is 0 Å². The largest absolute Gasteiger partial charge is 0.286 e. The summed E-state index contributed by atoms with van der Waals surface area (Å²) >= 11 is 0. The molecule has 0 N–H and O–H groups in total. The molecule has 6 heteroatoms. The van der Waals surface area contributed by atoms with Crippen LogP contribution in [0.3, 0.4) is 0 Å². The van der Waals surface area contributed by atoms with Crippen LogP contribution < -0.4 is 5.56 Å². The monoisotopic (exact) mass is 326 g/mol. The molecule has 0 spiro atoms. The lowest BCUT2D eigenvalue weighted by Gasteiger charge is -2.08. The maximum Gasteiger partial charge on any atom is 0.286 e. The lowest BCUT2D eigenvalue weighted by atomic mass is 10.1. The van der Waals surface area contributed by atoms with Crippen molar-refractivity contribution in [3.8, 4) is 11.3 Å². The maximum atomic E-state index is 12.6. The second-order valence-corrected chi connectivity index (χ2v) is 6.85. The number of aromatic nitrogens is 2. The van der Waals surface area contributed by atoms with Crippen molar-refractivity contribution in [2.75, 3.05) is 0 Å². The second kappa shape index (κ2) is 5.81. The summed E-state index contributed by atoms with van der Waals surface area (Å²) in [6.45, 7) is 1.86. The Kier molecular flexibility index (Phi) is 3.83. The van der Waals surface area contributed by atoms with Gasteiger partial charge in [-0.2, -0.15) is 13.5 Å². The van der Waals surface area contributed by atoms with Crippen LogP contribution in [0.15, 0.2) is 76.4 Å². The molecule has 1 heterocycles. The molecule has 5 nitrogen and oxygen atoms in total. The zero-order valence-corrected chi connectivity index (χ0v) is 13.2. The van der Waals surface area contributed by atoms with Gasteiger partial charge in [-0.25, -0.2) is 0 Å². The number of hydrogen-bond acceptors (Lipinski definition) is 4. The van der Waals surface area contributed by atoms with Gasteiger partial charge in [0.1, 0.15) is 0 Å². The van der Waals surface area contributed by atoms with E-state index in [4.69, 9.17) is 0 Å². The van der Waals surface area contributed by atoms with Crippen LogP contribution in [0.1, 0.15) is 5.56 Å². The molecule has 2 aromatic carbocycles. The van der Waals surface area contributed by atoms with E-state index in [9.17, 15) is 13.2 Å². The first-order valence-corrected chi connectivity index (χ1v) is 8.40. The number of aryl methyl sites for hydroxylation is 1. The summed E-state index contributed by atoms with van der Waals surface area (Å²) in [7, 11) is -4.02. The molecule has 0 aliphatic rings. The Morgan fingerprint density at radius 2 is 1.52 bits per heavy atom. The van der Waals surface area contributed by atoms with Crippen molar-refractivity contribution in [2.45, 2.75) is 11.8 Å². The summed E-state index contributed by atoms with van der Waals surface area (Å²) in [6.07, 6.45) is 0. The normalized spacial score (nSPS) is 11.3. The zero-order chi connectivity index (χ0) is 16.4. The fourth-order valence-electron chi connectivity index (χ4n) is 2.14. The molecule has 3 rings (SSSR count). The highest BCUT2D eigenvalue weighted by molar-refractivity contribution is 7.89. The van der Waals surface area contributed by atoms with Crippen molar-refractivity contribution in [1.82, 2.24) is 9.19 Å². The Morgan fingerprint density at radius 1 is 0.870 bits per heavy atom. The third-order valence-electron chi connectivity index (χ3n) is 3.39. The number of benzene rings is 2. The summed E-state index contributed by atoms with van der Waals surface area (Å²) in [6, 6.07) is 18.1. The minimum atomic E-state index is -4.02. The van der Waals surface area contributed by atoms with Crippen LogP contribution in [0.25, 0.3) is 11.3 Å². The van der Waals surface area contributed by atoms with E-state index in [0.717, 1.165) is 11.1 Å². The highest BCUT2D eigenvalue weighted by Gasteiger charge is 2.20. The van der Waals surface area contributed by atoms with E-state index in [1.807, 2.05) is 25.1 Å². The summed E-state index contributed by atoms with van der Waals surface area (Å²) in [5.74, 6) is 0. The van der Waals surface area contributed by atoms with Crippen LogP contribution >= 0.6 is 0 Å². The van der Waals surface area contributed by atoms with Gasteiger partial charge in [0.05, 0.1) is 10.6 Å². The van der Waals surface area contributed by atoms with Crippen LogP contribution in [-0.4, -0.2) is 17.6 Å². The third kappa shape index (κ3) is 2.93.